The van der Waals surface area contributed by atoms with Gasteiger partial charge in [0.15, 0.2) is 26.2 Å². The average molecular weight is 567 g/mol. The van der Waals surface area contributed by atoms with Crippen molar-refractivity contribution in [2.45, 2.75) is 31.1 Å². The quantitative estimate of drug-likeness (QED) is 0.365. The van der Waals surface area contributed by atoms with E-state index in [0.29, 0.717) is 6.20 Å². The van der Waals surface area contributed by atoms with E-state index in [2.05, 4.69) is 25.4 Å². The Morgan fingerprint density at radius 3 is 2.62 bits per heavy atom. The lowest BCUT2D eigenvalue weighted by Gasteiger charge is -2.12. The maximum atomic E-state index is 13.3. The molecule has 0 radical (unpaired) electrons. The van der Waals surface area contributed by atoms with Gasteiger partial charge in [-0.2, -0.15) is 18.3 Å². The predicted molar refractivity (Wildman–Crippen MR) is 128 cm³/mol. The molecule has 1 fully saturated rings. The predicted octanol–water partition coefficient (Wildman–Crippen LogP) is 1.38. The lowest BCUT2D eigenvalue weighted by Crippen LogP contribution is -2.43. The van der Waals surface area contributed by atoms with Crippen LogP contribution in [0.1, 0.15) is 29.9 Å². The van der Waals surface area contributed by atoms with Crippen LogP contribution in [0.15, 0.2) is 29.6 Å². The summed E-state index contributed by atoms with van der Waals surface area (Å²) < 4.78 is 68.2. The summed E-state index contributed by atoms with van der Waals surface area (Å²) in [6.07, 6.45) is -2.77. The summed E-state index contributed by atoms with van der Waals surface area (Å²) >= 11 is 0. The molecular formula is C22H21F3N8O5S. The van der Waals surface area contributed by atoms with Crippen LogP contribution in [0.4, 0.5) is 13.2 Å². The van der Waals surface area contributed by atoms with Crippen LogP contribution in [0.2, 0.25) is 0 Å². The molecule has 1 saturated heterocycles. The Morgan fingerprint density at radius 2 is 1.97 bits per heavy atom. The van der Waals surface area contributed by atoms with E-state index in [9.17, 15) is 31.2 Å². The molecule has 4 aromatic rings. The Balaban J connectivity index is 1.68. The van der Waals surface area contributed by atoms with Gasteiger partial charge >= 0.3 is 6.18 Å². The topological polar surface area (TPSA) is 154 Å². The fourth-order valence-corrected chi connectivity index (χ4v) is 5.13. The van der Waals surface area contributed by atoms with E-state index in [0.717, 1.165) is 15.6 Å². The minimum absolute atomic E-state index is 0.0614. The Morgan fingerprint density at radius 1 is 1.23 bits per heavy atom. The third kappa shape index (κ3) is 4.36. The maximum Gasteiger partial charge on any atom is 0.417 e. The molecule has 0 bridgehead atoms. The van der Waals surface area contributed by atoms with Gasteiger partial charge in [-0.3, -0.25) is 14.4 Å². The van der Waals surface area contributed by atoms with Crippen LogP contribution in [0, 0.1) is 0 Å². The van der Waals surface area contributed by atoms with Crippen LogP contribution >= 0.6 is 0 Å². The second-order valence-corrected chi connectivity index (χ2v) is 10.8. The summed E-state index contributed by atoms with van der Waals surface area (Å²) in [5.41, 5.74) is -1.43. The molecule has 0 spiro atoms. The smallest absolute Gasteiger partial charge is 0.337 e. The molecule has 0 saturated carbocycles. The molecule has 1 aliphatic heterocycles. The zero-order valence-electron chi connectivity index (χ0n) is 20.7. The van der Waals surface area contributed by atoms with Crippen molar-refractivity contribution in [1.82, 2.24) is 39.5 Å². The number of aromatic nitrogens is 6. The summed E-state index contributed by atoms with van der Waals surface area (Å²) in [6.45, 7) is 3.29. The molecular weight excluding hydrogens is 545 g/mol. The standard InChI is InChI=1S/C22H21F3N8O5S/c1-4-32-21(35)13(10-38-32)29-19(34)14-6-7-26-17-15(20(30-33(14)17)39(36,37)5-2)18-28-12-8-11(22(23,24)25)9-27-16(12)31(18)3/h6-9,13H,4-5,10H2,1-3H3,(H,29,34)/t13-/m0/s1. The highest BCUT2D eigenvalue weighted by Gasteiger charge is 2.36. The van der Waals surface area contributed by atoms with Crippen molar-refractivity contribution >= 4 is 38.5 Å². The fourth-order valence-electron chi connectivity index (χ4n) is 4.16. The summed E-state index contributed by atoms with van der Waals surface area (Å²) in [7, 11) is -2.59. The third-order valence-corrected chi connectivity index (χ3v) is 7.82. The molecule has 5 rings (SSSR count). The molecule has 4 aromatic heterocycles. The summed E-state index contributed by atoms with van der Waals surface area (Å²) in [4.78, 5) is 43.1. The highest BCUT2D eigenvalue weighted by atomic mass is 32.2. The van der Waals surface area contributed by atoms with Gasteiger partial charge < -0.3 is 9.88 Å². The molecule has 17 heteroatoms. The first-order chi connectivity index (χ1) is 18.4. The Kier molecular flexibility index (Phi) is 6.29. The lowest BCUT2D eigenvalue weighted by molar-refractivity contribution is -0.160. The van der Waals surface area contributed by atoms with Crippen LogP contribution in [0.5, 0.6) is 0 Å². The Bertz CT molecular complexity index is 1750. The van der Waals surface area contributed by atoms with Crippen molar-refractivity contribution in [3.63, 3.8) is 0 Å². The minimum atomic E-state index is -4.66. The van der Waals surface area contributed by atoms with E-state index in [1.165, 1.54) is 30.8 Å². The van der Waals surface area contributed by atoms with Gasteiger partial charge in [0.25, 0.3) is 11.8 Å². The average Bonchev–Trinajstić information content (AvgIpc) is 3.56. The number of nitrogens with zero attached hydrogens (tertiary/aromatic N) is 7. The number of pyridine rings is 1. The lowest BCUT2D eigenvalue weighted by atomic mass is 10.2. The fraction of sp³-hybridized carbons (Fsp3) is 0.364. The molecule has 0 unspecified atom stereocenters. The van der Waals surface area contributed by atoms with Gasteiger partial charge in [-0.25, -0.2) is 32.9 Å². The van der Waals surface area contributed by atoms with Crippen molar-refractivity contribution in [2.24, 2.45) is 7.05 Å². The van der Waals surface area contributed by atoms with Gasteiger partial charge in [-0.05, 0) is 19.1 Å². The molecule has 5 heterocycles. The van der Waals surface area contributed by atoms with E-state index in [1.54, 1.807) is 6.92 Å². The number of imidazole rings is 1. The number of sulfone groups is 1. The second-order valence-electron chi connectivity index (χ2n) is 8.56. The first kappa shape index (κ1) is 26.5. The number of aryl methyl sites for hydroxylation is 1. The number of likely N-dealkylation sites (N-methyl/N-ethyl adjacent to an activating group) is 1. The third-order valence-electron chi connectivity index (χ3n) is 6.19. The maximum absolute atomic E-state index is 13.3. The molecule has 1 N–H and O–H groups in total. The van der Waals surface area contributed by atoms with E-state index < -0.39 is 44.5 Å². The zero-order chi connectivity index (χ0) is 28.3. The van der Waals surface area contributed by atoms with Crippen molar-refractivity contribution in [3.05, 3.63) is 35.8 Å². The zero-order valence-corrected chi connectivity index (χ0v) is 21.5. The number of fused-ring (bicyclic) bond motifs is 2. The van der Waals surface area contributed by atoms with E-state index in [-0.39, 0.29) is 52.8 Å². The summed E-state index contributed by atoms with van der Waals surface area (Å²) in [6, 6.07) is 1.12. The van der Waals surface area contributed by atoms with Crippen molar-refractivity contribution in [1.29, 1.82) is 0 Å². The Hall–Kier alpha value is -4.12. The van der Waals surface area contributed by atoms with Gasteiger partial charge in [-0.1, -0.05) is 6.92 Å². The van der Waals surface area contributed by atoms with Gasteiger partial charge in [0, 0.05) is 26.0 Å². The molecule has 39 heavy (non-hydrogen) atoms. The number of hydrogen-bond acceptors (Lipinski definition) is 9. The van der Waals surface area contributed by atoms with Crippen molar-refractivity contribution in [3.8, 4) is 11.4 Å². The monoisotopic (exact) mass is 566 g/mol. The van der Waals surface area contributed by atoms with Crippen LogP contribution in [0.25, 0.3) is 28.2 Å². The summed E-state index contributed by atoms with van der Waals surface area (Å²) in [5, 5.41) is 7.35. The first-order valence-electron chi connectivity index (χ1n) is 11.6. The molecule has 0 aliphatic carbocycles. The van der Waals surface area contributed by atoms with Crippen molar-refractivity contribution < 1.29 is 36.0 Å². The summed E-state index contributed by atoms with van der Waals surface area (Å²) in [5.74, 6) is -1.64. The number of carbonyl (C=O) groups excluding carboxylic acids is 2. The van der Waals surface area contributed by atoms with Crippen LogP contribution < -0.4 is 5.32 Å². The molecule has 1 atom stereocenters. The SMILES string of the molecule is CCN1OC[C@H](NC(=O)c2ccnc3c(-c4nc5cc(C(F)(F)F)cnc5n4C)c(S(=O)(=O)CC)nn23)C1=O. The second kappa shape index (κ2) is 9.26. The number of amides is 2. The van der Waals surface area contributed by atoms with E-state index >= 15 is 0 Å². The molecule has 0 aromatic carbocycles. The first-order valence-corrected chi connectivity index (χ1v) is 13.3. The number of rotatable bonds is 6. The number of halogens is 3. The number of alkyl halides is 3. The van der Waals surface area contributed by atoms with E-state index in [4.69, 9.17) is 4.84 Å². The molecule has 2 amide bonds. The van der Waals surface area contributed by atoms with Crippen LogP contribution in [0.3, 0.4) is 0 Å². The molecule has 206 valence electrons. The van der Waals surface area contributed by atoms with Crippen LogP contribution in [-0.2, 0) is 32.7 Å². The number of hydrogen-bond donors (Lipinski definition) is 1. The molecule has 1 aliphatic rings. The van der Waals surface area contributed by atoms with E-state index in [1.807, 2.05) is 0 Å². The highest BCUT2D eigenvalue weighted by Crippen LogP contribution is 2.35. The van der Waals surface area contributed by atoms with Gasteiger partial charge in [-0.15, -0.1) is 0 Å². The van der Waals surface area contributed by atoms with Gasteiger partial charge in [0.1, 0.15) is 35.2 Å². The van der Waals surface area contributed by atoms with Gasteiger partial charge in [0.05, 0.1) is 11.3 Å². The van der Waals surface area contributed by atoms with Crippen LogP contribution in [-0.4, -0.2) is 79.4 Å². The Labute approximate surface area is 218 Å². The largest absolute Gasteiger partial charge is 0.417 e. The highest BCUT2D eigenvalue weighted by molar-refractivity contribution is 7.91. The van der Waals surface area contributed by atoms with Gasteiger partial charge in [0.2, 0.25) is 0 Å². The number of hydroxylamine groups is 2. The number of nitrogens with one attached hydrogen (secondary N) is 1. The molecule has 13 nitrogen and oxygen atoms in total. The normalized spacial score (nSPS) is 16.5. The number of carbonyl (C=O) groups is 2. The minimum Gasteiger partial charge on any atom is -0.337 e. The van der Waals surface area contributed by atoms with Crippen molar-refractivity contribution in [2.75, 3.05) is 18.9 Å².